The van der Waals surface area contributed by atoms with Gasteiger partial charge in [-0.2, -0.15) is 0 Å². The second kappa shape index (κ2) is 10.3. The molecule has 2 aromatic rings. The topological polar surface area (TPSA) is 72.3 Å². The van der Waals surface area contributed by atoms with Crippen molar-refractivity contribution < 1.29 is 9.53 Å². The largest absolute Gasteiger partial charge is 0.479 e. The van der Waals surface area contributed by atoms with Crippen molar-refractivity contribution in [1.29, 1.82) is 0 Å². The molecule has 1 saturated heterocycles. The highest BCUT2D eigenvalue weighted by atomic mass is 35.5. The highest BCUT2D eigenvalue weighted by Crippen LogP contribution is 2.30. The van der Waals surface area contributed by atoms with Crippen molar-refractivity contribution in [3.05, 3.63) is 16.8 Å². The average molecular weight is 432 g/mol. The number of aryl methyl sites for hydroxylation is 3. The van der Waals surface area contributed by atoms with Crippen molar-refractivity contribution in [3.63, 3.8) is 0 Å². The molecule has 0 saturated carbocycles. The first-order chi connectivity index (χ1) is 12.5. The number of ether oxygens (including phenoxy) is 1. The van der Waals surface area contributed by atoms with Gasteiger partial charge in [0.2, 0.25) is 11.8 Å². The smallest absolute Gasteiger partial charge is 0.242 e. The third-order valence-electron chi connectivity index (χ3n) is 5.49. The van der Waals surface area contributed by atoms with E-state index in [2.05, 4.69) is 17.3 Å². The molecule has 0 bridgehead atoms. The van der Waals surface area contributed by atoms with Crippen LogP contribution in [0.3, 0.4) is 0 Å². The van der Waals surface area contributed by atoms with E-state index in [0.717, 1.165) is 53.8 Å². The summed E-state index contributed by atoms with van der Waals surface area (Å²) in [6.45, 7) is 5.74. The lowest BCUT2D eigenvalue weighted by Gasteiger charge is -2.32. The van der Waals surface area contributed by atoms with Gasteiger partial charge in [-0.1, -0.05) is 0 Å². The minimum Gasteiger partial charge on any atom is -0.479 e. The van der Waals surface area contributed by atoms with E-state index in [1.165, 1.54) is 0 Å². The molecule has 28 heavy (non-hydrogen) atoms. The van der Waals surface area contributed by atoms with Gasteiger partial charge in [-0.15, -0.1) is 29.9 Å². The number of halogens is 2. The molecule has 7 nitrogen and oxygen atoms in total. The number of rotatable bonds is 5. The van der Waals surface area contributed by atoms with E-state index < -0.39 is 0 Å². The van der Waals surface area contributed by atoms with Gasteiger partial charge in [0.1, 0.15) is 0 Å². The third-order valence-corrected chi connectivity index (χ3v) is 5.49. The third kappa shape index (κ3) is 4.70. The summed E-state index contributed by atoms with van der Waals surface area (Å²) < 4.78 is 7.16. The van der Waals surface area contributed by atoms with Crippen LogP contribution in [0.25, 0.3) is 11.0 Å². The Morgan fingerprint density at radius 3 is 2.68 bits per heavy atom. The van der Waals surface area contributed by atoms with Gasteiger partial charge in [0.25, 0.3) is 0 Å². The quantitative estimate of drug-likeness (QED) is 0.787. The van der Waals surface area contributed by atoms with Crippen molar-refractivity contribution in [2.24, 2.45) is 7.05 Å². The van der Waals surface area contributed by atoms with Gasteiger partial charge < -0.3 is 15.0 Å². The minimum absolute atomic E-state index is 0. The lowest BCUT2D eigenvalue weighted by molar-refractivity contribution is -0.132. The molecule has 2 aromatic heterocycles. The zero-order valence-electron chi connectivity index (χ0n) is 17.2. The summed E-state index contributed by atoms with van der Waals surface area (Å²) >= 11 is 0. The Hall–Kier alpha value is -1.57. The molecular formula is C19H31Cl2N5O2. The van der Waals surface area contributed by atoms with Crippen LogP contribution in [0.4, 0.5) is 0 Å². The van der Waals surface area contributed by atoms with Gasteiger partial charge in [0, 0.05) is 38.3 Å². The van der Waals surface area contributed by atoms with Crippen molar-refractivity contribution >= 4 is 41.8 Å². The number of aromatic nitrogens is 3. The highest BCUT2D eigenvalue weighted by molar-refractivity contribution is 5.86. The number of hydrogen-bond donors (Lipinski definition) is 1. The van der Waals surface area contributed by atoms with Crippen molar-refractivity contribution in [3.8, 4) is 5.88 Å². The molecule has 0 aromatic carbocycles. The fourth-order valence-electron chi connectivity index (χ4n) is 3.94. The number of pyridine rings is 1. The first-order valence-corrected chi connectivity index (χ1v) is 9.28. The number of amides is 1. The van der Waals surface area contributed by atoms with E-state index in [0.29, 0.717) is 24.8 Å². The van der Waals surface area contributed by atoms with Crippen molar-refractivity contribution in [1.82, 2.24) is 25.0 Å². The number of nitrogens with zero attached hydrogens (tertiary/aromatic N) is 4. The molecule has 9 heteroatoms. The van der Waals surface area contributed by atoms with Crippen LogP contribution in [0.1, 0.15) is 36.1 Å². The predicted molar refractivity (Wildman–Crippen MR) is 116 cm³/mol. The van der Waals surface area contributed by atoms with Crippen LogP contribution in [0.5, 0.6) is 5.88 Å². The van der Waals surface area contributed by atoms with E-state index in [1.807, 2.05) is 25.9 Å². The predicted octanol–water partition coefficient (Wildman–Crippen LogP) is 2.58. The van der Waals surface area contributed by atoms with Gasteiger partial charge in [0.15, 0.2) is 5.65 Å². The molecule has 1 aliphatic heterocycles. The monoisotopic (exact) mass is 431 g/mol. The number of likely N-dealkylation sites (N-methyl/N-ethyl adjacent to an activating group) is 1. The molecule has 0 spiro atoms. The maximum Gasteiger partial charge on any atom is 0.242 e. The fraction of sp³-hybridized carbons (Fsp3) is 0.632. The number of hydrogen-bond acceptors (Lipinski definition) is 5. The van der Waals surface area contributed by atoms with Crippen LogP contribution in [-0.2, 0) is 18.3 Å². The number of piperidine rings is 1. The van der Waals surface area contributed by atoms with Gasteiger partial charge in [-0.05, 0) is 51.3 Å². The molecule has 1 atom stereocenters. The molecule has 3 rings (SSSR count). The number of carbonyl (C=O) groups excluding carboxylic acids is 1. The summed E-state index contributed by atoms with van der Waals surface area (Å²) in [5, 5.41) is 8.62. The second-order valence-electron chi connectivity index (χ2n) is 7.10. The number of nitrogens with one attached hydrogen (secondary N) is 1. The van der Waals surface area contributed by atoms with Crippen LogP contribution in [0.15, 0.2) is 0 Å². The Labute approximate surface area is 179 Å². The Bertz CT molecular complexity index is 824. The number of fused-ring (bicyclic) bond motifs is 1. The van der Waals surface area contributed by atoms with E-state index in [4.69, 9.17) is 9.72 Å². The Balaban J connectivity index is 0.00000196. The molecule has 1 N–H and O–H groups in total. The first-order valence-electron chi connectivity index (χ1n) is 9.28. The van der Waals surface area contributed by atoms with E-state index >= 15 is 0 Å². The summed E-state index contributed by atoms with van der Waals surface area (Å²) in [6.07, 6.45) is 3.40. The number of carbonyl (C=O) groups is 1. The van der Waals surface area contributed by atoms with Gasteiger partial charge in [-0.3, -0.25) is 4.79 Å². The summed E-state index contributed by atoms with van der Waals surface area (Å²) in [5.74, 6) is 0.815. The van der Waals surface area contributed by atoms with Gasteiger partial charge in [-0.25, -0.2) is 9.67 Å². The zero-order chi connectivity index (χ0) is 18.8. The molecular weight excluding hydrogens is 401 g/mol. The summed E-state index contributed by atoms with van der Waals surface area (Å²) in [7, 11) is 5.46. The van der Waals surface area contributed by atoms with Crippen LogP contribution in [-0.4, -0.2) is 58.9 Å². The minimum atomic E-state index is 0. The van der Waals surface area contributed by atoms with Crippen LogP contribution in [0.2, 0.25) is 0 Å². The molecule has 158 valence electrons. The number of likely N-dealkylation sites (tertiary alicyclic amines) is 1. The van der Waals surface area contributed by atoms with E-state index in [9.17, 15) is 4.79 Å². The van der Waals surface area contributed by atoms with Gasteiger partial charge in [0.05, 0.1) is 12.5 Å². The maximum absolute atomic E-state index is 12.7. The Morgan fingerprint density at radius 1 is 1.32 bits per heavy atom. The summed E-state index contributed by atoms with van der Waals surface area (Å²) in [5.41, 5.74) is 4.01. The van der Waals surface area contributed by atoms with Gasteiger partial charge >= 0.3 is 0 Å². The molecule has 1 fully saturated rings. The SMILES string of the molecule is CNC1CCCN(C(=O)CCc2c(C)nc3c(c(OC)nn3C)c2C)C1.Cl.Cl. The summed E-state index contributed by atoms with van der Waals surface area (Å²) in [4.78, 5) is 19.4. The fourth-order valence-corrected chi connectivity index (χ4v) is 3.94. The van der Waals surface area contributed by atoms with Crippen LogP contribution >= 0.6 is 24.8 Å². The first kappa shape index (κ1) is 24.5. The average Bonchev–Trinajstić information content (AvgIpc) is 2.97. The molecule has 0 radical (unpaired) electrons. The van der Waals surface area contributed by atoms with E-state index in [1.54, 1.807) is 11.8 Å². The maximum atomic E-state index is 12.7. The zero-order valence-corrected chi connectivity index (χ0v) is 18.9. The summed E-state index contributed by atoms with van der Waals surface area (Å²) in [6, 6.07) is 0.411. The van der Waals surface area contributed by atoms with Crippen molar-refractivity contribution in [2.75, 3.05) is 27.2 Å². The Kier molecular flexibility index (Phi) is 8.98. The molecule has 1 aliphatic rings. The highest BCUT2D eigenvalue weighted by Gasteiger charge is 2.23. The lowest BCUT2D eigenvalue weighted by atomic mass is 9.99. The van der Waals surface area contributed by atoms with Crippen molar-refractivity contribution in [2.45, 2.75) is 45.6 Å². The molecule has 3 heterocycles. The molecule has 1 unspecified atom stereocenters. The molecule has 0 aliphatic carbocycles. The standard InChI is InChI=1S/C19H29N5O2.2ClH/c1-12-15(8-9-16(25)24-10-6-7-14(11-24)20-3)13(2)21-18-17(12)19(26-5)22-23(18)4;;/h14,20H,6-11H2,1-5H3;2*1H. The van der Waals surface area contributed by atoms with Crippen LogP contribution < -0.4 is 10.1 Å². The van der Waals surface area contributed by atoms with Crippen LogP contribution in [0, 0.1) is 13.8 Å². The molecule has 1 amide bonds. The lowest BCUT2D eigenvalue weighted by Crippen LogP contribution is -2.47. The second-order valence-corrected chi connectivity index (χ2v) is 7.10. The normalized spacial score (nSPS) is 16.5. The van der Waals surface area contributed by atoms with E-state index in [-0.39, 0.29) is 30.7 Å². The Morgan fingerprint density at radius 2 is 2.04 bits per heavy atom. The number of methoxy groups -OCH3 is 1.